The van der Waals surface area contributed by atoms with Gasteiger partial charge in [-0.3, -0.25) is 4.98 Å². The molecular formula is C18H17N5S. The predicted molar refractivity (Wildman–Crippen MR) is 96.0 cm³/mol. The Morgan fingerprint density at radius 3 is 2.42 bits per heavy atom. The van der Waals surface area contributed by atoms with Gasteiger partial charge < -0.3 is 0 Å². The van der Waals surface area contributed by atoms with Gasteiger partial charge in [-0.25, -0.2) is 0 Å². The summed E-state index contributed by atoms with van der Waals surface area (Å²) in [4.78, 5) is 4.92. The monoisotopic (exact) mass is 335 g/mol. The van der Waals surface area contributed by atoms with E-state index in [0.717, 1.165) is 21.1 Å². The van der Waals surface area contributed by atoms with Gasteiger partial charge in [0.2, 0.25) is 4.96 Å². The lowest BCUT2D eigenvalue weighted by Gasteiger charge is -2.18. The van der Waals surface area contributed by atoms with Gasteiger partial charge in [-0.05, 0) is 23.1 Å². The molecule has 3 aromatic heterocycles. The van der Waals surface area contributed by atoms with E-state index in [1.165, 1.54) is 16.9 Å². The van der Waals surface area contributed by atoms with Crippen LogP contribution in [0.25, 0.3) is 26.9 Å². The molecule has 0 radical (unpaired) electrons. The smallest absolute Gasteiger partial charge is 0.235 e. The van der Waals surface area contributed by atoms with Gasteiger partial charge in [-0.1, -0.05) is 56.4 Å². The van der Waals surface area contributed by atoms with E-state index in [0.29, 0.717) is 5.82 Å². The first-order chi connectivity index (χ1) is 11.5. The summed E-state index contributed by atoms with van der Waals surface area (Å²) in [7, 11) is 0. The van der Waals surface area contributed by atoms with Crippen LogP contribution in [0.15, 0.2) is 48.8 Å². The van der Waals surface area contributed by atoms with E-state index in [9.17, 15) is 0 Å². The molecule has 4 aromatic rings. The molecule has 0 atom stereocenters. The minimum Gasteiger partial charge on any atom is -0.264 e. The van der Waals surface area contributed by atoms with Crippen LogP contribution in [-0.4, -0.2) is 24.8 Å². The Balaban J connectivity index is 1.75. The highest BCUT2D eigenvalue weighted by Crippen LogP contribution is 2.30. The molecule has 4 rings (SSSR count). The summed E-state index contributed by atoms with van der Waals surface area (Å²) < 4.78 is 1.79. The fourth-order valence-corrected chi connectivity index (χ4v) is 3.37. The molecule has 0 unspecified atom stereocenters. The fraction of sp³-hybridized carbons (Fsp3) is 0.222. The highest BCUT2D eigenvalue weighted by Gasteiger charge is 2.16. The van der Waals surface area contributed by atoms with Crippen LogP contribution in [0.1, 0.15) is 26.3 Å². The molecule has 0 saturated heterocycles. The average molecular weight is 335 g/mol. The van der Waals surface area contributed by atoms with Crippen LogP contribution in [0.3, 0.4) is 0 Å². The number of fused-ring (bicyclic) bond motifs is 1. The van der Waals surface area contributed by atoms with Crippen molar-refractivity contribution in [3.05, 3.63) is 54.4 Å². The summed E-state index contributed by atoms with van der Waals surface area (Å²) in [6.07, 6.45) is 3.51. The molecule has 0 aliphatic rings. The molecule has 24 heavy (non-hydrogen) atoms. The zero-order valence-corrected chi connectivity index (χ0v) is 14.6. The van der Waals surface area contributed by atoms with Crippen molar-refractivity contribution in [1.82, 2.24) is 24.8 Å². The Bertz CT molecular complexity index is 978. The second kappa shape index (κ2) is 5.49. The lowest BCUT2D eigenvalue weighted by Crippen LogP contribution is -2.10. The van der Waals surface area contributed by atoms with Crippen LogP contribution < -0.4 is 0 Å². The Labute approximate surface area is 144 Å². The van der Waals surface area contributed by atoms with Crippen molar-refractivity contribution in [2.45, 2.75) is 26.2 Å². The Hall–Kier alpha value is -2.60. The van der Waals surface area contributed by atoms with E-state index in [-0.39, 0.29) is 5.41 Å². The first-order valence-corrected chi connectivity index (χ1v) is 8.57. The third-order valence-corrected chi connectivity index (χ3v) is 4.86. The molecular weight excluding hydrogens is 318 g/mol. The Kier molecular flexibility index (Phi) is 3.42. The SMILES string of the molecule is CC(C)(C)c1ccc(-c2nn3c(-c4cccnc4)nnc3s2)cc1. The molecule has 6 heteroatoms. The topological polar surface area (TPSA) is 56.0 Å². The van der Waals surface area contributed by atoms with E-state index >= 15 is 0 Å². The molecule has 0 aliphatic carbocycles. The quantitative estimate of drug-likeness (QED) is 0.550. The van der Waals surface area contributed by atoms with Crippen LogP contribution in [0, 0.1) is 0 Å². The zero-order valence-electron chi connectivity index (χ0n) is 13.8. The van der Waals surface area contributed by atoms with E-state index < -0.39 is 0 Å². The normalized spacial score (nSPS) is 12.0. The van der Waals surface area contributed by atoms with E-state index in [2.05, 4.69) is 60.2 Å². The zero-order chi connectivity index (χ0) is 16.7. The maximum Gasteiger partial charge on any atom is 0.235 e. The first kappa shape index (κ1) is 15.0. The van der Waals surface area contributed by atoms with Crippen LogP contribution in [0.2, 0.25) is 0 Å². The fourth-order valence-electron chi connectivity index (χ4n) is 2.52. The van der Waals surface area contributed by atoms with Crippen molar-refractivity contribution in [1.29, 1.82) is 0 Å². The lowest BCUT2D eigenvalue weighted by atomic mass is 9.87. The molecule has 0 aliphatic heterocycles. The van der Waals surface area contributed by atoms with Gasteiger partial charge in [0.25, 0.3) is 0 Å². The molecule has 3 heterocycles. The Morgan fingerprint density at radius 1 is 0.958 bits per heavy atom. The average Bonchev–Trinajstić information content (AvgIpc) is 3.15. The van der Waals surface area contributed by atoms with Crippen molar-refractivity contribution in [3.63, 3.8) is 0 Å². The summed E-state index contributed by atoms with van der Waals surface area (Å²) in [5, 5.41) is 14.1. The number of benzene rings is 1. The van der Waals surface area contributed by atoms with E-state index in [4.69, 9.17) is 5.10 Å². The van der Waals surface area contributed by atoms with Gasteiger partial charge in [-0.15, -0.1) is 10.2 Å². The van der Waals surface area contributed by atoms with Gasteiger partial charge in [-0.2, -0.15) is 9.61 Å². The standard InChI is InChI=1S/C18H17N5S/c1-18(2,3)14-8-6-12(7-9-14)16-22-23-15(20-21-17(23)24-16)13-5-4-10-19-11-13/h4-11H,1-3H3. The minimum absolute atomic E-state index is 0.146. The maximum absolute atomic E-state index is 4.69. The number of hydrogen-bond donors (Lipinski definition) is 0. The second-order valence-electron chi connectivity index (χ2n) is 6.69. The minimum atomic E-state index is 0.146. The van der Waals surface area contributed by atoms with Crippen molar-refractivity contribution in [3.8, 4) is 22.0 Å². The van der Waals surface area contributed by atoms with Gasteiger partial charge in [0.05, 0.1) is 0 Å². The largest absolute Gasteiger partial charge is 0.264 e. The van der Waals surface area contributed by atoms with Gasteiger partial charge in [0.1, 0.15) is 5.01 Å². The Morgan fingerprint density at radius 2 is 1.75 bits per heavy atom. The predicted octanol–water partition coefficient (Wildman–Crippen LogP) is 4.21. The van der Waals surface area contributed by atoms with Crippen LogP contribution in [-0.2, 0) is 5.41 Å². The molecule has 0 fully saturated rings. The highest BCUT2D eigenvalue weighted by atomic mass is 32.1. The summed E-state index contributed by atoms with van der Waals surface area (Å²) in [5.74, 6) is 0.715. The number of pyridine rings is 1. The summed E-state index contributed by atoms with van der Waals surface area (Å²) in [6, 6.07) is 12.4. The first-order valence-electron chi connectivity index (χ1n) is 7.76. The van der Waals surface area contributed by atoms with E-state index in [1.54, 1.807) is 16.9 Å². The van der Waals surface area contributed by atoms with Crippen molar-refractivity contribution in [2.24, 2.45) is 0 Å². The van der Waals surface area contributed by atoms with Crippen LogP contribution in [0.5, 0.6) is 0 Å². The molecule has 0 spiro atoms. The van der Waals surface area contributed by atoms with Crippen molar-refractivity contribution >= 4 is 16.3 Å². The van der Waals surface area contributed by atoms with Gasteiger partial charge in [0, 0.05) is 23.5 Å². The number of aromatic nitrogens is 5. The molecule has 120 valence electrons. The number of nitrogens with zero attached hydrogens (tertiary/aromatic N) is 5. The molecule has 1 aromatic carbocycles. The maximum atomic E-state index is 4.69. The molecule has 0 N–H and O–H groups in total. The summed E-state index contributed by atoms with van der Waals surface area (Å²) >= 11 is 1.54. The number of hydrogen-bond acceptors (Lipinski definition) is 5. The van der Waals surface area contributed by atoms with Crippen molar-refractivity contribution < 1.29 is 0 Å². The van der Waals surface area contributed by atoms with Crippen LogP contribution >= 0.6 is 11.3 Å². The van der Waals surface area contributed by atoms with Crippen LogP contribution in [0.4, 0.5) is 0 Å². The van der Waals surface area contributed by atoms with Gasteiger partial charge >= 0.3 is 0 Å². The molecule has 0 bridgehead atoms. The molecule has 5 nitrogen and oxygen atoms in total. The molecule has 0 saturated carbocycles. The summed E-state index contributed by atoms with van der Waals surface area (Å²) in [5.41, 5.74) is 3.46. The second-order valence-corrected chi connectivity index (χ2v) is 7.65. The highest BCUT2D eigenvalue weighted by molar-refractivity contribution is 7.19. The molecule has 0 amide bonds. The number of rotatable bonds is 2. The van der Waals surface area contributed by atoms with Gasteiger partial charge in [0.15, 0.2) is 5.82 Å². The third-order valence-electron chi connectivity index (χ3n) is 3.91. The summed E-state index contributed by atoms with van der Waals surface area (Å²) in [6.45, 7) is 6.64. The van der Waals surface area contributed by atoms with Crippen molar-refractivity contribution in [2.75, 3.05) is 0 Å². The van der Waals surface area contributed by atoms with E-state index in [1.807, 2.05) is 12.1 Å². The lowest BCUT2D eigenvalue weighted by molar-refractivity contribution is 0.590. The third kappa shape index (κ3) is 2.59.